The van der Waals surface area contributed by atoms with Gasteiger partial charge in [0.15, 0.2) is 0 Å². The van der Waals surface area contributed by atoms with Crippen molar-refractivity contribution in [2.24, 2.45) is 0 Å². The van der Waals surface area contributed by atoms with Gasteiger partial charge in [-0.1, -0.05) is 0 Å². The zero-order chi connectivity index (χ0) is 13.1. The van der Waals surface area contributed by atoms with E-state index in [1.54, 1.807) is 30.1 Å². The fourth-order valence-electron chi connectivity index (χ4n) is 1.63. The second kappa shape index (κ2) is 4.87. The number of nitrogens with zero attached hydrogens (tertiary/aromatic N) is 3. The number of H-pyrrole nitrogens is 1. The van der Waals surface area contributed by atoms with Gasteiger partial charge in [0.25, 0.3) is 5.91 Å². The Hall–Kier alpha value is -2.37. The summed E-state index contributed by atoms with van der Waals surface area (Å²) in [6, 6.07) is 5.25. The number of nitrogen functional groups attached to an aromatic ring is 1. The first kappa shape index (κ1) is 12.1. The van der Waals surface area contributed by atoms with Gasteiger partial charge in [-0.2, -0.15) is 5.10 Å². The Labute approximate surface area is 105 Å². The topological polar surface area (TPSA) is 87.9 Å². The lowest BCUT2D eigenvalue weighted by atomic mass is 10.1. The third-order valence-corrected chi connectivity index (χ3v) is 2.72. The van der Waals surface area contributed by atoms with Crippen LogP contribution in [0.25, 0.3) is 0 Å². The number of anilines is 1. The van der Waals surface area contributed by atoms with E-state index in [4.69, 9.17) is 5.73 Å². The highest BCUT2D eigenvalue weighted by Gasteiger charge is 2.13. The van der Waals surface area contributed by atoms with Crippen LogP contribution in [0.1, 0.15) is 21.7 Å². The number of carbonyl (C=O) groups is 1. The molecule has 0 aliphatic heterocycles. The third-order valence-electron chi connectivity index (χ3n) is 2.72. The lowest BCUT2D eigenvalue weighted by Gasteiger charge is -2.16. The average Bonchev–Trinajstić information content (AvgIpc) is 2.84. The normalized spacial score (nSPS) is 10.3. The summed E-state index contributed by atoms with van der Waals surface area (Å²) in [5.74, 6) is 0.576. The van der Waals surface area contributed by atoms with Gasteiger partial charge in [-0.05, 0) is 30.7 Å². The molecule has 0 unspecified atom stereocenters. The molecule has 0 radical (unpaired) electrons. The van der Waals surface area contributed by atoms with Gasteiger partial charge in [0, 0.05) is 18.3 Å². The molecular weight excluding hydrogens is 230 g/mol. The Morgan fingerprint density at radius 3 is 2.89 bits per heavy atom. The maximum atomic E-state index is 12.2. The van der Waals surface area contributed by atoms with Crippen LogP contribution >= 0.6 is 0 Å². The highest BCUT2D eigenvalue weighted by molar-refractivity contribution is 5.94. The van der Waals surface area contributed by atoms with Crippen molar-refractivity contribution in [2.45, 2.75) is 13.5 Å². The SMILES string of the molecule is Cc1cc(C(=O)N(C)Cc2ncn[nH]2)ccc1N. The fourth-order valence-corrected chi connectivity index (χ4v) is 1.63. The number of hydrogen-bond acceptors (Lipinski definition) is 4. The zero-order valence-electron chi connectivity index (χ0n) is 10.3. The molecule has 0 saturated carbocycles. The number of hydrogen-bond donors (Lipinski definition) is 2. The molecular formula is C12H15N5O. The molecule has 1 aromatic carbocycles. The van der Waals surface area contributed by atoms with Crippen LogP contribution in [0.5, 0.6) is 0 Å². The van der Waals surface area contributed by atoms with Gasteiger partial charge < -0.3 is 10.6 Å². The van der Waals surface area contributed by atoms with Crippen molar-refractivity contribution >= 4 is 11.6 Å². The summed E-state index contributed by atoms with van der Waals surface area (Å²) >= 11 is 0. The molecule has 0 atom stereocenters. The molecule has 1 aromatic heterocycles. The summed E-state index contributed by atoms with van der Waals surface area (Å²) in [6.07, 6.45) is 1.42. The summed E-state index contributed by atoms with van der Waals surface area (Å²) in [4.78, 5) is 17.7. The highest BCUT2D eigenvalue weighted by Crippen LogP contribution is 2.14. The molecule has 2 rings (SSSR count). The number of nitrogens with one attached hydrogen (secondary N) is 1. The lowest BCUT2D eigenvalue weighted by Crippen LogP contribution is -2.26. The van der Waals surface area contributed by atoms with Crippen LogP contribution < -0.4 is 5.73 Å². The van der Waals surface area contributed by atoms with Gasteiger partial charge in [0.1, 0.15) is 12.2 Å². The predicted molar refractivity (Wildman–Crippen MR) is 67.8 cm³/mol. The van der Waals surface area contributed by atoms with Crippen molar-refractivity contribution in [1.29, 1.82) is 0 Å². The van der Waals surface area contributed by atoms with E-state index in [-0.39, 0.29) is 5.91 Å². The van der Waals surface area contributed by atoms with Crippen LogP contribution in [0.3, 0.4) is 0 Å². The number of aromatic nitrogens is 3. The van der Waals surface area contributed by atoms with Crippen molar-refractivity contribution in [3.8, 4) is 0 Å². The number of nitrogens with two attached hydrogens (primary N) is 1. The number of aromatic amines is 1. The molecule has 18 heavy (non-hydrogen) atoms. The summed E-state index contributed by atoms with van der Waals surface area (Å²) in [7, 11) is 1.72. The van der Waals surface area contributed by atoms with Crippen LogP contribution in [0.4, 0.5) is 5.69 Å². The van der Waals surface area contributed by atoms with E-state index in [1.165, 1.54) is 6.33 Å². The average molecular weight is 245 g/mol. The Bertz CT molecular complexity index is 550. The number of benzene rings is 1. The van der Waals surface area contributed by atoms with Gasteiger partial charge >= 0.3 is 0 Å². The van der Waals surface area contributed by atoms with Crippen LogP contribution in [0, 0.1) is 6.92 Å². The second-order valence-electron chi connectivity index (χ2n) is 4.16. The Morgan fingerprint density at radius 1 is 1.50 bits per heavy atom. The molecule has 3 N–H and O–H groups in total. The number of carbonyl (C=O) groups excluding carboxylic acids is 1. The predicted octanol–water partition coefficient (Wildman–Crippen LogP) is 0.968. The van der Waals surface area contributed by atoms with Crippen molar-refractivity contribution in [3.63, 3.8) is 0 Å². The van der Waals surface area contributed by atoms with E-state index in [2.05, 4.69) is 15.2 Å². The summed E-state index contributed by atoms with van der Waals surface area (Å²) < 4.78 is 0. The monoisotopic (exact) mass is 245 g/mol. The van der Waals surface area contributed by atoms with Gasteiger partial charge in [-0.3, -0.25) is 9.89 Å². The first-order valence-electron chi connectivity index (χ1n) is 5.54. The largest absolute Gasteiger partial charge is 0.399 e. The minimum absolute atomic E-state index is 0.0745. The van der Waals surface area contributed by atoms with E-state index < -0.39 is 0 Å². The second-order valence-corrected chi connectivity index (χ2v) is 4.16. The maximum absolute atomic E-state index is 12.2. The number of aryl methyl sites for hydroxylation is 1. The van der Waals surface area contributed by atoms with Crippen molar-refractivity contribution in [1.82, 2.24) is 20.1 Å². The highest BCUT2D eigenvalue weighted by atomic mass is 16.2. The maximum Gasteiger partial charge on any atom is 0.254 e. The van der Waals surface area contributed by atoms with Gasteiger partial charge in [0.05, 0.1) is 6.54 Å². The number of amides is 1. The molecule has 6 nitrogen and oxygen atoms in total. The molecule has 6 heteroatoms. The summed E-state index contributed by atoms with van der Waals surface area (Å²) in [6.45, 7) is 2.27. The van der Waals surface area contributed by atoms with Crippen LogP contribution in [0.15, 0.2) is 24.5 Å². The number of rotatable bonds is 3. The molecule has 0 fully saturated rings. The van der Waals surface area contributed by atoms with Gasteiger partial charge in [0.2, 0.25) is 0 Å². The molecule has 1 amide bonds. The van der Waals surface area contributed by atoms with E-state index in [0.717, 1.165) is 5.56 Å². The molecule has 94 valence electrons. The molecule has 0 aliphatic carbocycles. The first-order chi connectivity index (χ1) is 8.58. The Balaban J connectivity index is 2.12. The smallest absolute Gasteiger partial charge is 0.254 e. The molecule has 0 bridgehead atoms. The zero-order valence-corrected chi connectivity index (χ0v) is 10.3. The first-order valence-corrected chi connectivity index (χ1v) is 5.54. The fraction of sp³-hybridized carbons (Fsp3) is 0.250. The Morgan fingerprint density at radius 2 is 2.28 bits per heavy atom. The van der Waals surface area contributed by atoms with Gasteiger partial charge in [-0.15, -0.1) is 0 Å². The molecule has 1 heterocycles. The lowest BCUT2D eigenvalue weighted by molar-refractivity contribution is 0.0781. The quantitative estimate of drug-likeness (QED) is 0.788. The van der Waals surface area contributed by atoms with Crippen LogP contribution in [-0.2, 0) is 6.54 Å². The van der Waals surface area contributed by atoms with Crippen molar-refractivity contribution in [3.05, 3.63) is 41.5 Å². The summed E-state index contributed by atoms with van der Waals surface area (Å²) in [5.41, 5.74) is 7.92. The van der Waals surface area contributed by atoms with E-state index in [1.807, 2.05) is 6.92 Å². The van der Waals surface area contributed by atoms with Gasteiger partial charge in [-0.25, -0.2) is 4.98 Å². The summed E-state index contributed by atoms with van der Waals surface area (Å²) in [5, 5.41) is 6.46. The molecule has 0 aliphatic rings. The minimum atomic E-state index is -0.0745. The molecule has 2 aromatic rings. The van der Waals surface area contributed by atoms with Crippen molar-refractivity contribution < 1.29 is 4.79 Å². The van der Waals surface area contributed by atoms with Crippen molar-refractivity contribution in [2.75, 3.05) is 12.8 Å². The van der Waals surface area contributed by atoms with E-state index in [9.17, 15) is 4.79 Å². The minimum Gasteiger partial charge on any atom is -0.399 e. The standard InChI is InChI=1S/C12H15N5O/c1-8-5-9(3-4-10(8)13)12(18)17(2)6-11-14-7-15-16-11/h3-5,7H,6,13H2,1-2H3,(H,14,15,16). The van der Waals surface area contributed by atoms with Crippen LogP contribution in [0.2, 0.25) is 0 Å². The van der Waals surface area contributed by atoms with E-state index >= 15 is 0 Å². The molecule has 0 saturated heterocycles. The molecule has 0 spiro atoms. The van der Waals surface area contributed by atoms with E-state index in [0.29, 0.717) is 23.6 Å². The Kier molecular flexibility index (Phi) is 3.27. The van der Waals surface area contributed by atoms with Crippen LogP contribution in [-0.4, -0.2) is 33.0 Å². The third kappa shape index (κ3) is 2.48.